The van der Waals surface area contributed by atoms with Gasteiger partial charge in [-0.25, -0.2) is 4.39 Å². The molecular weight excluding hydrogens is 397 g/mol. The van der Waals surface area contributed by atoms with E-state index in [2.05, 4.69) is 0 Å². The van der Waals surface area contributed by atoms with E-state index in [4.69, 9.17) is 4.74 Å². The van der Waals surface area contributed by atoms with Gasteiger partial charge in [0.1, 0.15) is 17.3 Å². The summed E-state index contributed by atoms with van der Waals surface area (Å²) in [7, 11) is 1.44. The minimum absolute atomic E-state index is 0.111. The Bertz CT molecular complexity index is 1220. The number of aliphatic hydroxyl groups excluding tert-OH is 1. The van der Waals surface area contributed by atoms with Crippen LogP contribution in [-0.4, -0.2) is 23.9 Å². The lowest BCUT2D eigenvalue weighted by atomic mass is 9.94. The van der Waals surface area contributed by atoms with Crippen molar-refractivity contribution in [2.24, 2.45) is 0 Å². The van der Waals surface area contributed by atoms with Crippen molar-refractivity contribution in [3.63, 3.8) is 0 Å². The molecule has 0 saturated carbocycles. The zero-order valence-electron chi connectivity index (χ0n) is 17.0. The molecule has 1 N–H and O–H groups in total. The number of carbonyl (C=O) groups is 2. The van der Waals surface area contributed by atoms with Crippen LogP contribution in [0.4, 0.5) is 10.1 Å². The van der Waals surface area contributed by atoms with Crippen molar-refractivity contribution in [1.29, 1.82) is 0 Å². The number of ether oxygens (including phenoxy) is 1. The van der Waals surface area contributed by atoms with E-state index in [1.807, 2.05) is 13.0 Å². The summed E-state index contributed by atoms with van der Waals surface area (Å²) in [5.74, 6) is -2.40. The van der Waals surface area contributed by atoms with Crippen LogP contribution >= 0.6 is 0 Å². The van der Waals surface area contributed by atoms with Gasteiger partial charge in [-0.15, -0.1) is 0 Å². The van der Waals surface area contributed by atoms with Gasteiger partial charge in [0.15, 0.2) is 0 Å². The van der Waals surface area contributed by atoms with Crippen LogP contribution in [0, 0.1) is 12.7 Å². The number of anilines is 1. The van der Waals surface area contributed by atoms with Crippen LogP contribution in [0.5, 0.6) is 5.75 Å². The average molecular weight is 417 g/mol. The molecule has 1 saturated heterocycles. The summed E-state index contributed by atoms with van der Waals surface area (Å²) in [5, 5.41) is 11.1. The molecule has 0 radical (unpaired) electrons. The molecule has 3 aromatic rings. The summed E-state index contributed by atoms with van der Waals surface area (Å²) < 4.78 is 20.2. The van der Waals surface area contributed by atoms with Crippen LogP contribution in [-0.2, 0) is 9.59 Å². The van der Waals surface area contributed by atoms with Gasteiger partial charge in [-0.3, -0.25) is 14.5 Å². The second kappa shape index (κ2) is 8.07. The maximum absolute atomic E-state index is 14.9. The first-order valence-electron chi connectivity index (χ1n) is 9.69. The standard InChI is InChI=1S/C25H20FNO4/c1-15-8-7-9-16(14-15)27-22(17-10-3-5-12-19(17)26)21(24(29)25(27)30)23(28)18-11-4-6-13-20(18)31-2/h3-14,22,28H,1-2H3/b23-21+. The highest BCUT2D eigenvalue weighted by molar-refractivity contribution is 6.51. The van der Waals surface area contributed by atoms with Crippen LogP contribution in [0.25, 0.3) is 5.76 Å². The predicted molar refractivity (Wildman–Crippen MR) is 115 cm³/mol. The second-order valence-electron chi connectivity index (χ2n) is 7.23. The number of hydrogen-bond donors (Lipinski definition) is 1. The number of hydrogen-bond acceptors (Lipinski definition) is 4. The van der Waals surface area contributed by atoms with E-state index in [0.29, 0.717) is 11.4 Å². The number of ketones is 1. The van der Waals surface area contributed by atoms with E-state index in [1.165, 1.54) is 30.2 Å². The van der Waals surface area contributed by atoms with Crippen molar-refractivity contribution in [2.45, 2.75) is 13.0 Å². The van der Waals surface area contributed by atoms with Gasteiger partial charge in [0.2, 0.25) is 0 Å². The molecule has 0 spiro atoms. The normalized spacial score (nSPS) is 17.8. The summed E-state index contributed by atoms with van der Waals surface area (Å²) in [5.41, 5.74) is 1.47. The van der Waals surface area contributed by atoms with Crippen LogP contribution < -0.4 is 9.64 Å². The summed E-state index contributed by atoms with van der Waals surface area (Å²) in [6.07, 6.45) is 0. The lowest BCUT2D eigenvalue weighted by Crippen LogP contribution is -2.29. The maximum Gasteiger partial charge on any atom is 0.300 e. The number of benzene rings is 3. The van der Waals surface area contributed by atoms with Crippen molar-refractivity contribution in [1.82, 2.24) is 0 Å². The van der Waals surface area contributed by atoms with Crippen molar-refractivity contribution < 1.29 is 23.8 Å². The molecule has 31 heavy (non-hydrogen) atoms. The van der Waals surface area contributed by atoms with E-state index < -0.39 is 29.3 Å². The van der Waals surface area contributed by atoms with Gasteiger partial charge in [0, 0.05) is 11.3 Å². The van der Waals surface area contributed by atoms with Crippen LogP contribution in [0.1, 0.15) is 22.7 Å². The van der Waals surface area contributed by atoms with Crippen LogP contribution in [0.3, 0.4) is 0 Å². The third-order valence-electron chi connectivity index (χ3n) is 5.29. The number of Topliss-reactive ketones (excluding diaryl/α,β-unsaturated/α-hetero) is 1. The van der Waals surface area contributed by atoms with Gasteiger partial charge in [-0.05, 0) is 42.8 Å². The Morgan fingerprint density at radius 2 is 1.71 bits per heavy atom. The summed E-state index contributed by atoms with van der Waals surface area (Å²) >= 11 is 0. The minimum atomic E-state index is -1.13. The number of aryl methyl sites for hydroxylation is 1. The molecule has 1 amide bonds. The quantitative estimate of drug-likeness (QED) is 0.377. The Morgan fingerprint density at radius 1 is 1.00 bits per heavy atom. The lowest BCUT2D eigenvalue weighted by Gasteiger charge is -2.26. The zero-order valence-corrected chi connectivity index (χ0v) is 17.0. The lowest BCUT2D eigenvalue weighted by molar-refractivity contribution is -0.132. The maximum atomic E-state index is 14.9. The molecule has 1 fully saturated rings. The van der Waals surface area contributed by atoms with E-state index in [0.717, 1.165) is 5.56 Å². The molecular formula is C25H20FNO4. The molecule has 0 aliphatic carbocycles. The summed E-state index contributed by atoms with van der Waals surface area (Å²) in [6, 6.07) is 18.4. The smallest absolute Gasteiger partial charge is 0.300 e. The highest BCUT2D eigenvalue weighted by atomic mass is 19.1. The molecule has 5 nitrogen and oxygen atoms in total. The highest BCUT2D eigenvalue weighted by Crippen LogP contribution is 2.43. The Morgan fingerprint density at radius 3 is 2.42 bits per heavy atom. The molecule has 1 aliphatic heterocycles. The van der Waals surface area contributed by atoms with Gasteiger partial charge < -0.3 is 9.84 Å². The number of halogens is 1. The van der Waals surface area contributed by atoms with E-state index >= 15 is 0 Å². The number of methoxy groups -OCH3 is 1. The number of aliphatic hydroxyl groups is 1. The number of amides is 1. The summed E-state index contributed by atoms with van der Waals surface area (Å²) in [6.45, 7) is 1.85. The summed E-state index contributed by atoms with van der Waals surface area (Å²) in [4.78, 5) is 27.4. The topological polar surface area (TPSA) is 66.8 Å². The number of carbonyl (C=O) groups excluding carboxylic acids is 2. The molecule has 4 rings (SSSR count). The van der Waals surface area contributed by atoms with E-state index in [9.17, 15) is 19.1 Å². The minimum Gasteiger partial charge on any atom is -0.507 e. The Balaban J connectivity index is 2.01. The van der Waals surface area contributed by atoms with E-state index in [1.54, 1.807) is 48.5 Å². The number of nitrogens with zero attached hydrogens (tertiary/aromatic N) is 1. The molecule has 156 valence electrons. The fourth-order valence-electron chi connectivity index (χ4n) is 3.85. The Kier molecular flexibility index (Phi) is 5.29. The number of para-hydroxylation sites is 1. The van der Waals surface area contributed by atoms with Gasteiger partial charge in [-0.2, -0.15) is 0 Å². The predicted octanol–water partition coefficient (Wildman–Crippen LogP) is 4.77. The third-order valence-corrected chi connectivity index (χ3v) is 5.29. The first-order valence-corrected chi connectivity index (χ1v) is 9.69. The molecule has 1 atom stereocenters. The highest BCUT2D eigenvalue weighted by Gasteiger charge is 2.48. The van der Waals surface area contributed by atoms with Gasteiger partial charge in [0.05, 0.1) is 24.3 Å². The van der Waals surface area contributed by atoms with Gasteiger partial charge >= 0.3 is 0 Å². The molecule has 0 aromatic heterocycles. The van der Waals surface area contributed by atoms with Crippen molar-refractivity contribution >= 4 is 23.1 Å². The molecule has 6 heteroatoms. The Labute approximate surface area is 179 Å². The van der Waals surface area contributed by atoms with E-state index in [-0.39, 0.29) is 16.7 Å². The molecule has 1 unspecified atom stereocenters. The molecule has 1 aliphatic rings. The Hall–Kier alpha value is -3.93. The first kappa shape index (κ1) is 20.3. The number of rotatable bonds is 4. The van der Waals surface area contributed by atoms with Gasteiger partial charge in [-0.1, -0.05) is 42.5 Å². The van der Waals surface area contributed by atoms with Crippen LogP contribution in [0.15, 0.2) is 78.4 Å². The van der Waals surface area contributed by atoms with Crippen molar-refractivity contribution in [2.75, 3.05) is 12.0 Å². The molecule has 3 aromatic carbocycles. The van der Waals surface area contributed by atoms with Crippen molar-refractivity contribution in [3.8, 4) is 5.75 Å². The molecule has 0 bridgehead atoms. The third kappa shape index (κ3) is 3.46. The fraction of sp³-hybridized carbons (Fsp3) is 0.120. The fourth-order valence-corrected chi connectivity index (χ4v) is 3.85. The van der Waals surface area contributed by atoms with Crippen LogP contribution in [0.2, 0.25) is 0 Å². The molecule has 1 heterocycles. The SMILES string of the molecule is COc1ccccc1/C(O)=C1\C(=O)C(=O)N(c2cccc(C)c2)C1c1ccccc1F. The van der Waals surface area contributed by atoms with Gasteiger partial charge in [0.25, 0.3) is 11.7 Å². The zero-order chi connectivity index (χ0) is 22.1. The average Bonchev–Trinajstić information content (AvgIpc) is 3.04. The largest absolute Gasteiger partial charge is 0.507 e. The first-order chi connectivity index (χ1) is 14.9. The monoisotopic (exact) mass is 417 g/mol. The van der Waals surface area contributed by atoms with Crippen molar-refractivity contribution in [3.05, 3.63) is 101 Å². The second-order valence-corrected chi connectivity index (χ2v) is 7.23.